The molecule has 0 unspecified atom stereocenters. The summed E-state index contributed by atoms with van der Waals surface area (Å²) in [5, 5.41) is 4.03. The average molecular weight is 597 g/mol. The molecule has 2 aromatic rings. The van der Waals surface area contributed by atoms with Gasteiger partial charge in [-0.2, -0.15) is 0 Å². The van der Waals surface area contributed by atoms with Crippen molar-refractivity contribution in [3.05, 3.63) is 63.1 Å². The molecule has 0 bridgehead atoms. The summed E-state index contributed by atoms with van der Waals surface area (Å²) in [6.07, 6.45) is 6.04. The Morgan fingerprint density at radius 2 is 1.69 bits per heavy atom. The van der Waals surface area contributed by atoms with Crippen molar-refractivity contribution in [3.63, 3.8) is 0 Å². The molecule has 0 aliphatic heterocycles. The van der Waals surface area contributed by atoms with Crippen LogP contribution in [0, 0.1) is 13.8 Å². The molecule has 214 valence electrons. The molecule has 0 saturated heterocycles. The summed E-state index contributed by atoms with van der Waals surface area (Å²) in [6, 6.07) is 10.2. The molecular weight excluding hydrogens is 557 g/mol. The largest absolute Gasteiger partial charge is 0.352 e. The fourth-order valence-corrected chi connectivity index (χ4v) is 6.64. The number of nitrogens with one attached hydrogen (secondary N) is 1. The summed E-state index contributed by atoms with van der Waals surface area (Å²) < 4.78 is 26.6. The van der Waals surface area contributed by atoms with Gasteiger partial charge in [0.1, 0.15) is 6.04 Å². The highest BCUT2D eigenvalue weighted by atomic mass is 35.5. The maximum atomic E-state index is 13.7. The van der Waals surface area contributed by atoms with Gasteiger partial charge in [-0.15, -0.1) is 0 Å². The van der Waals surface area contributed by atoms with Crippen molar-refractivity contribution in [1.82, 2.24) is 10.2 Å². The van der Waals surface area contributed by atoms with E-state index in [9.17, 15) is 18.0 Å². The van der Waals surface area contributed by atoms with Crippen molar-refractivity contribution in [1.29, 1.82) is 0 Å². The Morgan fingerprint density at radius 3 is 2.26 bits per heavy atom. The number of hydrogen-bond acceptors (Lipinski definition) is 4. The van der Waals surface area contributed by atoms with Crippen LogP contribution in [0.15, 0.2) is 36.4 Å². The van der Waals surface area contributed by atoms with Crippen LogP contribution in [0.2, 0.25) is 10.0 Å². The molecule has 2 aromatic carbocycles. The minimum absolute atomic E-state index is 0.0786. The van der Waals surface area contributed by atoms with Crippen LogP contribution >= 0.6 is 23.2 Å². The number of rotatable bonds is 12. The summed E-state index contributed by atoms with van der Waals surface area (Å²) in [7, 11) is -3.56. The van der Waals surface area contributed by atoms with Crippen molar-refractivity contribution < 1.29 is 18.0 Å². The summed E-state index contributed by atoms with van der Waals surface area (Å²) in [5.74, 6) is -0.404. The first-order valence-corrected chi connectivity index (χ1v) is 16.1. The van der Waals surface area contributed by atoms with E-state index >= 15 is 0 Å². The fraction of sp³-hybridized carbons (Fsp3) is 0.517. The first kappa shape index (κ1) is 31.2. The van der Waals surface area contributed by atoms with E-state index in [2.05, 4.69) is 5.32 Å². The van der Waals surface area contributed by atoms with E-state index in [0.29, 0.717) is 34.1 Å². The number of halogens is 2. The zero-order chi connectivity index (χ0) is 28.7. The van der Waals surface area contributed by atoms with Gasteiger partial charge in [0.25, 0.3) is 0 Å². The zero-order valence-corrected chi connectivity index (χ0v) is 25.5. The summed E-state index contributed by atoms with van der Waals surface area (Å²) in [4.78, 5) is 28.5. The Balaban J connectivity index is 1.80. The number of aryl methyl sites for hydroxylation is 2. The van der Waals surface area contributed by atoms with Crippen LogP contribution in [0.3, 0.4) is 0 Å². The molecular formula is C29H39Cl2N3O4S. The highest BCUT2D eigenvalue weighted by molar-refractivity contribution is 7.92. The Bertz CT molecular complexity index is 1260. The molecule has 0 radical (unpaired) electrons. The van der Waals surface area contributed by atoms with E-state index in [1.807, 2.05) is 39.0 Å². The Kier molecular flexibility index (Phi) is 11.1. The van der Waals surface area contributed by atoms with Gasteiger partial charge in [-0.05, 0) is 80.5 Å². The normalized spacial score (nSPS) is 14.7. The number of nitrogens with zero attached hydrogens (tertiary/aromatic N) is 2. The molecule has 1 aliphatic carbocycles. The van der Waals surface area contributed by atoms with E-state index in [0.717, 1.165) is 36.8 Å². The predicted molar refractivity (Wildman–Crippen MR) is 159 cm³/mol. The van der Waals surface area contributed by atoms with Gasteiger partial charge in [0.05, 0.1) is 11.9 Å². The first-order chi connectivity index (χ1) is 18.4. The smallest absolute Gasteiger partial charge is 0.243 e. The van der Waals surface area contributed by atoms with E-state index in [1.165, 1.54) is 10.6 Å². The first-order valence-electron chi connectivity index (χ1n) is 13.5. The predicted octanol–water partition coefficient (Wildman–Crippen LogP) is 6.02. The number of sulfonamides is 1. The Hall–Kier alpha value is -2.29. The van der Waals surface area contributed by atoms with E-state index in [1.54, 1.807) is 23.1 Å². The molecule has 0 aromatic heterocycles. The molecule has 0 heterocycles. The molecule has 1 saturated carbocycles. The van der Waals surface area contributed by atoms with E-state index < -0.39 is 16.1 Å². The molecule has 0 spiro atoms. The maximum absolute atomic E-state index is 13.7. The van der Waals surface area contributed by atoms with Gasteiger partial charge >= 0.3 is 0 Å². The van der Waals surface area contributed by atoms with Gasteiger partial charge in [-0.1, -0.05) is 55.1 Å². The van der Waals surface area contributed by atoms with Crippen LogP contribution in [0.4, 0.5) is 5.69 Å². The van der Waals surface area contributed by atoms with Gasteiger partial charge in [0.15, 0.2) is 0 Å². The van der Waals surface area contributed by atoms with Crippen LogP contribution in [0.1, 0.15) is 68.6 Å². The minimum Gasteiger partial charge on any atom is -0.352 e. The lowest BCUT2D eigenvalue weighted by atomic mass is 10.1. The molecule has 10 heteroatoms. The number of benzene rings is 2. The second-order valence-corrected chi connectivity index (χ2v) is 13.2. The molecule has 39 heavy (non-hydrogen) atoms. The Labute approximate surface area is 242 Å². The summed E-state index contributed by atoms with van der Waals surface area (Å²) in [6.45, 7) is 6.02. The second-order valence-electron chi connectivity index (χ2n) is 10.5. The fourth-order valence-electron chi connectivity index (χ4n) is 5.22. The number of anilines is 1. The molecule has 1 fully saturated rings. The molecule has 7 nitrogen and oxygen atoms in total. The van der Waals surface area contributed by atoms with Crippen LogP contribution < -0.4 is 9.62 Å². The van der Waals surface area contributed by atoms with Crippen LogP contribution in [-0.4, -0.2) is 50.0 Å². The van der Waals surface area contributed by atoms with Crippen molar-refractivity contribution in [3.8, 4) is 0 Å². The molecule has 1 atom stereocenters. The van der Waals surface area contributed by atoms with Gasteiger partial charge < -0.3 is 10.2 Å². The third kappa shape index (κ3) is 8.85. The highest BCUT2D eigenvalue weighted by Gasteiger charge is 2.31. The van der Waals surface area contributed by atoms with Crippen molar-refractivity contribution in [2.75, 3.05) is 17.1 Å². The van der Waals surface area contributed by atoms with E-state index in [4.69, 9.17) is 23.2 Å². The minimum atomic E-state index is -3.56. The maximum Gasteiger partial charge on any atom is 0.243 e. The third-order valence-electron chi connectivity index (χ3n) is 7.09. The van der Waals surface area contributed by atoms with E-state index in [-0.39, 0.29) is 37.4 Å². The molecule has 3 rings (SSSR count). The van der Waals surface area contributed by atoms with Crippen LogP contribution in [-0.2, 0) is 26.2 Å². The monoisotopic (exact) mass is 595 g/mol. The SMILES string of the molecule is CC[C@@H](C(=O)NC1CCCC1)N(Cc1ccc(Cl)cc1Cl)C(=O)CCCN(c1cc(C)cc(C)c1)S(C)(=O)=O. The lowest BCUT2D eigenvalue weighted by Gasteiger charge is -2.32. The van der Waals surface area contributed by atoms with Gasteiger partial charge in [-0.25, -0.2) is 8.42 Å². The number of carbonyl (C=O) groups is 2. The van der Waals surface area contributed by atoms with Crippen molar-refractivity contribution in [2.24, 2.45) is 0 Å². The van der Waals surface area contributed by atoms with Gasteiger partial charge in [0.2, 0.25) is 21.8 Å². The Morgan fingerprint density at radius 1 is 1.05 bits per heavy atom. The van der Waals surface area contributed by atoms with Crippen molar-refractivity contribution >= 4 is 50.7 Å². The quantitative estimate of drug-likeness (QED) is 0.325. The lowest BCUT2D eigenvalue weighted by Crippen LogP contribution is -2.51. The van der Waals surface area contributed by atoms with Crippen LogP contribution in [0.5, 0.6) is 0 Å². The molecule has 2 amide bonds. The van der Waals surface area contributed by atoms with Crippen molar-refractivity contribution in [2.45, 2.75) is 84.3 Å². The second kappa shape index (κ2) is 13.9. The van der Waals surface area contributed by atoms with Crippen LogP contribution in [0.25, 0.3) is 0 Å². The number of hydrogen-bond donors (Lipinski definition) is 1. The van der Waals surface area contributed by atoms with Gasteiger partial charge in [-0.3, -0.25) is 13.9 Å². The molecule has 1 N–H and O–H groups in total. The zero-order valence-electron chi connectivity index (χ0n) is 23.2. The summed E-state index contributed by atoms with van der Waals surface area (Å²) >= 11 is 12.5. The lowest BCUT2D eigenvalue weighted by molar-refractivity contribution is -0.141. The number of carbonyl (C=O) groups excluding carboxylic acids is 2. The topological polar surface area (TPSA) is 86.8 Å². The summed E-state index contributed by atoms with van der Waals surface area (Å²) in [5.41, 5.74) is 3.18. The highest BCUT2D eigenvalue weighted by Crippen LogP contribution is 2.26. The standard InChI is InChI=1S/C29H39Cl2N3O4S/c1-5-27(29(36)32-24-9-6-7-10-24)33(19-22-12-13-23(30)18-26(22)31)28(35)11-8-14-34(39(4,37)38)25-16-20(2)15-21(3)17-25/h12-13,15-18,24,27H,5-11,14,19H2,1-4H3,(H,32,36)/t27-/m0/s1. The number of amides is 2. The third-order valence-corrected chi connectivity index (χ3v) is 8.87. The van der Waals surface area contributed by atoms with Gasteiger partial charge in [0, 0.05) is 35.6 Å². The molecule has 1 aliphatic rings. The average Bonchev–Trinajstić information content (AvgIpc) is 3.34.